The Morgan fingerprint density at radius 2 is 1.26 bits per heavy atom. The highest BCUT2D eigenvalue weighted by atomic mass is 32.3. The Labute approximate surface area is 206 Å². The minimum atomic E-state index is -4.74. The fourth-order valence-electron chi connectivity index (χ4n) is 3.01. The molecule has 0 fully saturated rings. The van der Waals surface area contributed by atoms with E-state index in [1.165, 1.54) is 4.68 Å². The van der Waals surface area contributed by atoms with Crippen LogP contribution in [0.25, 0.3) is 0 Å². The van der Waals surface area contributed by atoms with Gasteiger partial charge in [-0.3, -0.25) is 9.08 Å². The van der Waals surface area contributed by atoms with Crippen molar-refractivity contribution < 1.29 is 17.2 Å². The van der Waals surface area contributed by atoms with E-state index < -0.39 is 10.4 Å². The molecule has 15 heteroatoms. The smallest absolute Gasteiger partial charge is 0.217 e. The van der Waals surface area contributed by atoms with Gasteiger partial charge >= 0.3 is 0 Å². The van der Waals surface area contributed by atoms with Crippen LogP contribution in [0.2, 0.25) is 0 Å². The first-order valence-electron chi connectivity index (χ1n) is 10.7. The Morgan fingerprint density at radius 3 is 1.66 bits per heavy atom. The Morgan fingerprint density at radius 1 is 0.829 bits per heavy atom. The summed E-state index contributed by atoms with van der Waals surface area (Å²) in [5, 5.41) is 25.2. The summed E-state index contributed by atoms with van der Waals surface area (Å²) in [5.41, 5.74) is 1.86. The topological polar surface area (TPSA) is 162 Å². The molecule has 196 valence electrons. The summed E-state index contributed by atoms with van der Waals surface area (Å²) in [5.74, 6) is 0. The average molecular weight is 512 g/mol. The van der Waals surface area contributed by atoms with Gasteiger partial charge in [-0.25, -0.2) is 22.5 Å². The molecule has 0 amide bonds. The predicted octanol–water partition coefficient (Wildman–Crippen LogP) is 1.29. The van der Waals surface area contributed by atoms with Crippen molar-refractivity contribution in [1.29, 1.82) is 0 Å². The maximum atomic E-state index is 10.6. The molecule has 3 rings (SSSR count). The van der Waals surface area contributed by atoms with Crippen molar-refractivity contribution >= 4 is 10.4 Å². The Kier molecular flexibility index (Phi) is 8.86. The van der Waals surface area contributed by atoms with E-state index in [-0.39, 0.29) is 31.7 Å². The molecule has 0 bridgehead atoms. The molecule has 3 aromatic rings. The standard InChI is InChI=1S/C19H32N10O4S.CH4/c1-18(2,3)28-13-16(21-24-28)10-26(11-17-14-29(25-22-17)19(4,5)6)9-15-12-27(23-20-15)7-8-33-34(30,31)32;/h12-14H,7-11H2,1-6H3,(H,30,31,32);1H4/p-1. The highest BCUT2D eigenvalue weighted by Gasteiger charge is 2.20. The van der Waals surface area contributed by atoms with E-state index in [0.717, 1.165) is 11.4 Å². The van der Waals surface area contributed by atoms with E-state index >= 15 is 0 Å². The molecule has 0 atom stereocenters. The molecular formula is C20H35N10O4S-. The summed E-state index contributed by atoms with van der Waals surface area (Å²) in [6.45, 7) is 13.5. The second-order valence-electron chi connectivity index (χ2n) is 10.00. The number of hydrogen-bond acceptors (Lipinski definition) is 11. The molecule has 3 aromatic heterocycles. The van der Waals surface area contributed by atoms with E-state index in [1.54, 1.807) is 6.20 Å². The van der Waals surface area contributed by atoms with Gasteiger partial charge in [-0.1, -0.05) is 23.1 Å². The molecule has 0 spiro atoms. The van der Waals surface area contributed by atoms with Crippen molar-refractivity contribution in [2.45, 2.75) is 86.2 Å². The monoisotopic (exact) mass is 511 g/mol. The lowest BCUT2D eigenvalue weighted by Crippen LogP contribution is -2.24. The normalized spacial score (nSPS) is 12.8. The molecule has 0 aliphatic heterocycles. The van der Waals surface area contributed by atoms with Crippen molar-refractivity contribution in [1.82, 2.24) is 49.9 Å². The molecule has 0 saturated carbocycles. The second kappa shape index (κ2) is 10.9. The molecule has 0 unspecified atom stereocenters. The minimum Gasteiger partial charge on any atom is -0.726 e. The van der Waals surface area contributed by atoms with Gasteiger partial charge in [0.15, 0.2) is 0 Å². The summed E-state index contributed by atoms with van der Waals surface area (Å²) in [6, 6.07) is 0. The van der Waals surface area contributed by atoms with Crippen LogP contribution in [0, 0.1) is 0 Å². The van der Waals surface area contributed by atoms with Crippen LogP contribution >= 0.6 is 0 Å². The average Bonchev–Trinajstić information content (AvgIpc) is 3.41. The van der Waals surface area contributed by atoms with Gasteiger partial charge in [-0.15, -0.1) is 15.3 Å². The number of hydrogen-bond donors (Lipinski definition) is 0. The van der Waals surface area contributed by atoms with E-state index in [0.29, 0.717) is 25.3 Å². The molecule has 0 aliphatic rings. The SMILES string of the molecule is C.CC(C)(C)n1cc(CN(Cc2cn(CCOS(=O)(=O)[O-])nn2)Cc2cn(C(C)(C)C)nn2)nn1. The number of nitrogens with zero attached hydrogens (tertiary/aromatic N) is 10. The highest BCUT2D eigenvalue weighted by Crippen LogP contribution is 2.16. The molecule has 0 aliphatic carbocycles. The first kappa shape index (κ1) is 28.5. The summed E-state index contributed by atoms with van der Waals surface area (Å²) in [6.07, 6.45) is 5.50. The van der Waals surface area contributed by atoms with Crippen LogP contribution < -0.4 is 0 Å². The first-order valence-corrected chi connectivity index (χ1v) is 12.1. The quantitative estimate of drug-likeness (QED) is 0.285. The summed E-state index contributed by atoms with van der Waals surface area (Å²) in [4.78, 5) is 2.08. The van der Waals surface area contributed by atoms with Crippen LogP contribution in [-0.4, -0.2) is 69.5 Å². The van der Waals surface area contributed by atoms with Crippen molar-refractivity contribution in [2.75, 3.05) is 6.61 Å². The Balaban J connectivity index is 0.00000432. The number of rotatable bonds is 10. The maximum Gasteiger partial charge on any atom is 0.217 e. The molecule has 0 aromatic carbocycles. The third-order valence-corrected chi connectivity index (χ3v) is 5.20. The van der Waals surface area contributed by atoms with Crippen LogP contribution in [-0.2, 0) is 51.8 Å². The van der Waals surface area contributed by atoms with Crippen LogP contribution in [0.5, 0.6) is 0 Å². The van der Waals surface area contributed by atoms with Crippen LogP contribution in [0.1, 0.15) is 66.1 Å². The van der Waals surface area contributed by atoms with Crippen molar-refractivity contribution in [3.05, 3.63) is 35.7 Å². The molecular weight excluding hydrogens is 476 g/mol. The molecule has 0 N–H and O–H groups in total. The Bertz CT molecular complexity index is 1130. The van der Waals surface area contributed by atoms with Crippen molar-refractivity contribution in [2.24, 2.45) is 0 Å². The van der Waals surface area contributed by atoms with Gasteiger partial charge in [0.2, 0.25) is 10.4 Å². The summed E-state index contributed by atoms with van der Waals surface area (Å²) >= 11 is 0. The van der Waals surface area contributed by atoms with Crippen molar-refractivity contribution in [3.8, 4) is 0 Å². The van der Waals surface area contributed by atoms with Gasteiger partial charge < -0.3 is 4.55 Å². The summed E-state index contributed by atoms with van der Waals surface area (Å²) < 4.78 is 41.1. The van der Waals surface area contributed by atoms with E-state index in [2.05, 4.69) is 40.0 Å². The minimum absolute atomic E-state index is 0. The van der Waals surface area contributed by atoms with Gasteiger partial charge in [0.25, 0.3) is 0 Å². The van der Waals surface area contributed by atoms with Gasteiger partial charge in [0, 0.05) is 25.8 Å². The van der Waals surface area contributed by atoms with Gasteiger partial charge in [0.05, 0.1) is 53.7 Å². The van der Waals surface area contributed by atoms with Crippen LogP contribution in [0.4, 0.5) is 0 Å². The Hall–Kier alpha value is -2.75. The largest absolute Gasteiger partial charge is 0.726 e. The van der Waals surface area contributed by atoms with Gasteiger partial charge in [-0.05, 0) is 41.5 Å². The predicted molar refractivity (Wildman–Crippen MR) is 125 cm³/mol. The fourth-order valence-corrected chi connectivity index (χ4v) is 3.28. The summed E-state index contributed by atoms with van der Waals surface area (Å²) in [7, 11) is -4.74. The lowest BCUT2D eigenvalue weighted by molar-refractivity contribution is 0.238. The van der Waals surface area contributed by atoms with E-state index in [9.17, 15) is 13.0 Å². The fraction of sp³-hybridized carbons (Fsp3) is 0.700. The third kappa shape index (κ3) is 8.76. The molecule has 0 saturated heterocycles. The lowest BCUT2D eigenvalue weighted by atomic mass is 10.1. The lowest BCUT2D eigenvalue weighted by Gasteiger charge is -2.20. The van der Waals surface area contributed by atoms with E-state index in [1.807, 2.05) is 63.3 Å². The van der Waals surface area contributed by atoms with Crippen molar-refractivity contribution in [3.63, 3.8) is 0 Å². The zero-order chi connectivity index (χ0) is 25.1. The van der Waals surface area contributed by atoms with Gasteiger partial charge in [-0.2, -0.15) is 0 Å². The third-order valence-electron chi connectivity index (χ3n) is 4.75. The second-order valence-corrected chi connectivity index (χ2v) is 11.1. The maximum absolute atomic E-state index is 10.6. The van der Waals surface area contributed by atoms with Gasteiger partial charge in [0.1, 0.15) is 0 Å². The highest BCUT2D eigenvalue weighted by molar-refractivity contribution is 7.80. The van der Waals surface area contributed by atoms with E-state index in [4.69, 9.17) is 0 Å². The van der Waals surface area contributed by atoms with Crippen LogP contribution in [0.15, 0.2) is 18.6 Å². The zero-order valence-corrected chi connectivity index (χ0v) is 21.1. The first-order chi connectivity index (χ1) is 15.7. The molecule has 14 nitrogen and oxygen atoms in total. The van der Waals surface area contributed by atoms with Crippen LogP contribution in [0.3, 0.4) is 0 Å². The molecule has 0 radical (unpaired) electrons. The molecule has 3 heterocycles. The molecule has 35 heavy (non-hydrogen) atoms. The number of aromatic nitrogens is 9. The zero-order valence-electron chi connectivity index (χ0n) is 20.3.